The van der Waals surface area contributed by atoms with Crippen molar-refractivity contribution < 1.29 is 14.3 Å². The van der Waals surface area contributed by atoms with Crippen LogP contribution in [0, 0.1) is 5.41 Å². The van der Waals surface area contributed by atoms with Crippen LogP contribution in [-0.4, -0.2) is 22.3 Å². The summed E-state index contributed by atoms with van der Waals surface area (Å²) >= 11 is 12.1. The van der Waals surface area contributed by atoms with E-state index in [4.69, 9.17) is 32.7 Å². The molecular formula is C18H18Cl2N2O3. The molecule has 1 fully saturated rings. The smallest absolute Gasteiger partial charge is 0.233 e. The van der Waals surface area contributed by atoms with E-state index in [0.29, 0.717) is 30.2 Å². The first-order chi connectivity index (χ1) is 11.9. The molecule has 0 saturated heterocycles. The highest BCUT2D eigenvalue weighted by Crippen LogP contribution is 2.64. The van der Waals surface area contributed by atoms with Crippen molar-refractivity contribution in [1.29, 1.82) is 0 Å². The summed E-state index contributed by atoms with van der Waals surface area (Å²) in [5.74, 6) is 0.873. The first-order valence-electron chi connectivity index (χ1n) is 7.75. The summed E-state index contributed by atoms with van der Waals surface area (Å²) < 4.78 is 10.1. The van der Waals surface area contributed by atoms with Gasteiger partial charge in [0, 0.05) is 29.7 Å². The van der Waals surface area contributed by atoms with Crippen LogP contribution in [0.1, 0.15) is 18.9 Å². The Bertz CT molecular complexity index is 783. The maximum absolute atomic E-state index is 12.4. The molecule has 0 aliphatic heterocycles. The number of nitrogens with zero attached hydrogens (tertiary/aromatic N) is 1. The van der Waals surface area contributed by atoms with E-state index < -0.39 is 9.75 Å². The van der Waals surface area contributed by atoms with Gasteiger partial charge in [-0.1, -0.05) is 6.07 Å². The van der Waals surface area contributed by atoms with Crippen LogP contribution in [0.25, 0.3) is 0 Å². The van der Waals surface area contributed by atoms with Crippen LogP contribution in [0.4, 0.5) is 5.69 Å². The molecule has 3 rings (SSSR count). The number of carbonyl (C=O) groups excluding carboxylic acids is 1. The van der Waals surface area contributed by atoms with Crippen molar-refractivity contribution in [2.75, 3.05) is 12.4 Å². The summed E-state index contributed by atoms with van der Waals surface area (Å²) in [5, 5.41) is 2.83. The van der Waals surface area contributed by atoms with Crippen LogP contribution in [-0.2, 0) is 11.4 Å². The number of aromatic nitrogens is 1. The van der Waals surface area contributed by atoms with Gasteiger partial charge in [0.2, 0.25) is 5.91 Å². The molecule has 2 aromatic rings. The average Bonchev–Trinajstić information content (AvgIpc) is 3.13. The zero-order valence-corrected chi connectivity index (χ0v) is 15.4. The molecule has 7 heteroatoms. The van der Waals surface area contributed by atoms with Crippen LogP contribution >= 0.6 is 23.2 Å². The van der Waals surface area contributed by atoms with E-state index in [-0.39, 0.29) is 5.91 Å². The highest BCUT2D eigenvalue weighted by molar-refractivity contribution is 6.53. The van der Waals surface area contributed by atoms with E-state index in [1.54, 1.807) is 44.6 Å². The number of alkyl halides is 2. The number of benzene rings is 1. The van der Waals surface area contributed by atoms with Gasteiger partial charge in [-0.2, -0.15) is 0 Å². The number of amides is 1. The summed E-state index contributed by atoms with van der Waals surface area (Å²) in [5.41, 5.74) is 0.732. The molecule has 1 saturated carbocycles. The lowest BCUT2D eigenvalue weighted by Gasteiger charge is -2.15. The Balaban J connectivity index is 1.72. The molecule has 5 nitrogen and oxygen atoms in total. The average molecular weight is 381 g/mol. The molecule has 1 amide bonds. The molecule has 25 heavy (non-hydrogen) atoms. The summed E-state index contributed by atoms with van der Waals surface area (Å²) in [6.07, 6.45) is 3.86. The second kappa shape index (κ2) is 6.73. The number of hydrogen-bond donors (Lipinski definition) is 1. The van der Waals surface area contributed by atoms with E-state index in [9.17, 15) is 4.79 Å². The number of rotatable bonds is 6. The van der Waals surface area contributed by atoms with Crippen molar-refractivity contribution in [2.45, 2.75) is 24.3 Å². The maximum atomic E-state index is 12.4. The van der Waals surface area contributed by atoms with E-state index in [1.807, 2.05) is 12.1 Å². The lowest BCUT2D eigenvalue weighted by Crippen LogP contribution is -2.25. The molecule has 1 aromatic carbocycles. The summed E-state index contributed by atoms with van der Waals surface area (Å²) in [4.78, 5) is 16.4. The fraction of sp³-hybridized carbons (Fsp3) is 0.333. The summed E-state index contributed by atoms with van der Waals surface area (Å²) in [6, 6.07) is 8.94. The largest absolute Gasteiger partial charge is 0.493 e. The van der Waals surface area contributed by atoms with Crippen molar-refractivity contribution in [1.82, 2.24) is 4.98 Å². The lowest BCUT2D eigenvalue weighted by molar-refractivity contribution is -0.120. The van der Waals surface area contributed by atoms with E-state index in [1.165, 1.54) is 0 Å². The number of methoxy groups -OCH3 is 1. The molecule has 1 N–H and O–H groups in total. The molecule has 0 radical (unpaired) electrons. The van der Waals surface area contributed by atoms with Gasteiger partial charge in [-0.25, -0.2) is 0 Å². The number of halogens is 2. The minimum absolute atomic E-state index is 0.221. The van der Waals surface area contributed by atoms with Crippen LogP contribution in [0.3, 0.4) is 0 Å². The van der Waals surface area contributed by atoms with Crippen molar-refractivity contribution in [3.05, 3.63) is 48.3 Å². The standard InChI is InChI=1S/C18H18Cl2N2O3/c1-17(11-18(17,19)20)16(23)22-13-5-6-14(24-2)15(8-13)25-10-12-4-3-7-21-9-12/h3-9H,10-11H2,1-2H3,(H,22,23). The number of ether oxygens (including phenoxy) is 2. The molecule has 1 unspecified atom stereocenters. The third kappa shape index (κ3) is 3.67. The number of pyridine rings is 1. The lowest BCUT2D eigenvalue weighted by atomic mass is 10.1. The Morgan fingerprint density at radius 1 is 1.32 bits per heavy atom. The van der Waals surface area contributed by atoms with Gasteiger partial charge in [0.05, 0.1) is 12.5 Å². The third-order valence-electron chi connectivity index (χ3n) is 4.30. The van der Waals surface area contributed by atoms with Gasteiger partial charge in [-0.15, -0.1) is 23.2 Å². The highest BCUT2D eigenvalue weighted by atomic mass is 35.5. The monoisotopic (exact) mass is 380 g/mol. The summed E-state index contributed by atoms with van der Waals surface area (Å²) in [7, 11) is 1.56. The molecule has 1 aromatic heterocycles. The van der Waals surface area contributed by atoms with Gasteiger partial charge in [0.15, 0.2) is 11.5 Å². The molecule has 1 heterocycles. The van der Waals surface area contributed by atoms with Crippen LogP contribution < -0.4 is 14.8 Å². The SMILES string of the molecule is COc1ccc(NC(=O)C2(C)CC2(Cl)Cl)cc1OCc1cccnc1. The summed E-state index contributed by atoms with van der Waals surface area (Å²) in [6.45, 7) is 2.08. The minimum Gasteiger partial charge on any atom is -0.493 e. The molecule has 1 aliphatic rings. The van der Waals surface area contributed by atoms with Gasteiger partial charge in [0.25, 0.3) is 0 Å². The molecule has 0 spiro atoms. The number of carbonyl (C=O) groups is 1. The predicted molar refractivity (Wildman–Crippen MR) is 97.4 cm³/mol. The van der Waals surface area contributed by atoms with Crippen molar-refractivity contribution in [3.8, 4) is 11.5 Å². The number of hydrogen-bond acceptors (Lipinski definition) is 4. The molecule has 0 bridgehead atoms. The third-order valence-corrected chi connectivity index (χ3v) is 5.40. The zero-order valence-electron chi connectivity index (χ0n) is 13.9. The topological polar surface area (TPSA) is 60.5 Å². The zero-order chi connectivity index (χ0) is 18.1. The van der Waals surface area contributed by atoms with Gasteiger partial charge in [0.1, 0.15) is 10.9 Å². The van der Waals surface area contributed by atoms with E-state index in [2.05, 4.69) is 10.3 Å². The van der Waals surface area contributed by atoms with E-state index >= 15 is 0 Å². The Labute approximate surface area is 156 Å². The van der Waals surface area contributed by atoms with Gasteiger partial charge in [-0.05, 0) is 31.5 Å². The first-order valence-corrected chi connectivity index (χ1v) is 8.50. The predicted octanol–water partition coefficient (Wildman–Crippen LogP) is 4.19. The first kappa shape index (κ1) is 17.8. The Morgan fingerprint density at radius 3 is 2.68 bits per heavy atom. The van der Waals surface area contributed by atoms with Crippen LogP contribution in [0.5, 0.6) is 11.5 Å². The maximum Gasteiger partial charge on any atom is 0.233 e. The van der Waals surface area contributed by atoms with Crippen molar-refractivity contribution in [2.24, 2.45) is 5.41 Å². The quantitative estimate of drug-likeness (QED) is 0.763. The fourth-order valence-electron chi connectivity index (χ4n) is 2.43. The molecule has 132 valence electrons. The molecular weight excluding hydrogens is 363 g/mol. The van der Waals surface area contributed by atoms with Gasteiger partial charge >= 0.3 is 0 Å². The fourth-order valence-corrected chi connectivity index (χ4v) is 3.13. The molecule has 1 atom stereocenters. The highest BCUT2D eigenvalue weighted by Gasteiger charge is 2.67. The van der Waals surface area contributed by atoms with Crippen LogP contribution in [0.15, 0.2) is 42.7 Å². The van der Waals surface area contributed by atoms with Gasteiger partial charge < -0.3 is 14.8 Å². The second-order valence-electron chi connectivity index (χ2n) is 6.18. The Morgan fingerprint density at radius 2 is 2.08 bits per heavy atom. The van der Waals surface area contributed by atoms with Gasteiger partial charge in [-0.3, -0.25) is 9.78 Å². The Hall–Kier alpha value is -1.98. The van der Waals surface area contributed by atoms with Crippen LogP contribution in [0.2, 0.25) is 0 Å². The molecule has 1 aliphatic carbocycles. The number of nitrogens with one attached hydrogen (secondary N) is 1. The van der Waals surface area contributed by atoms with Crippen molar-refractivity contribution >= 4 is 34.8 Å². The minimum atomic E-state index is -1.01. The van der Waals surface area contributed by atoms with Crippen molar-refractivity contribution in [3.63, 3.8) is 0 Å². The second-order valence-corrected chi connectivity index (χ2v) is 7.67. The Kier molecular flexibility index (Phi) is 4.80. The number of anilines is 1. The van der Waals surface area contributed by atoms with E-state index in [0.717, 1.165) is 5.56 Å². The normalized spacial score (nSPS) is 20.6.